The number of fused-ring (bicyclic) bond motifs is 3. The number of hydrogen-bond donors (Lipinski definition) is 1. The molecule has 184 valence electrons. The van der Waals surface area contributed by atoms with Crippen molar-refractivity contribution in [2.24, 2.45) is 5.92 Å². The summed E-state index contributed by atoms with van der Waals surface area (Å²) in [4.78, 5) is 31.3. The molecule has 2 aromatic carbocycles. The highest BCUT2D eigenvalue weighted by molar-refractivity contribution is 5.95. The zero-order valence-corrected chi connectivity index (χ0v) is 20.4. The van der Waals surface area contributed by atoms with Gasteiger partial charge in [0.05, 0.1) is 29.7 Å². The highest BCUT2D eigenvalue weighted by Crippen LogP contribution is 2.40. The summed E-state index contributed by atoms with van der Waals surface area (Å²) < 4.78 is 7.39. The standard InChI is InChI=1S/C28H33N3O4/c1-18-11-13-22-23(30(18)28(34)35-2)14-15-24-26(22)29-25(16-12-19-7-4-3-5-8-19)31(24)21-10-6-9-20(17-21)27(32)33/h3-5,7-8,14-15,18,20-21H,6,9-13,16-17H2,1-2H3,(H,32,33)/t18?,20-,21-/m0/s1. The third-order valence-electron chi connectivity index (χ3n) is 7.74. The molecule has 35 heavy (non-hydrogen) atoms. The molecule has 3 aromatic rings. The maximum absolute atomic E-state index is 12.6. The monoisotopic (exact) mass is 475 g/mol. The first-order chi connectivity index (χ1) is 17.0. The first-order valence-electron chi connectivity index (χ1n) is 12.6. The number of aromatic nitrogens is 2. The normalized spacial score (nSPS) is 22.1. The van der Waals surface area contributed by atoms with E-state index < -0.39 is 5.97 Å². The summed E-state index contributed by atoms with van der Waals surface area (Å²) in [6, 6.07) is 14.6. The second kappa shape index (κ2) is 9.72. The first-order valence-corrected chi connectivity index (χ1v) is 12.6. The van der Waals surface area contributed by atoms with E-state index in [-0.39, 0.29) is 24.1 Å². The fraction of sp³-hybridized carbons (Fsp3) is 0.464. The molecular weight excluding hydrogens is 442 g/mol. The molecule has 0 radical (unpaired) electrons. The third-order valence-corrected chi connectivity index (χ3v) is 7.74. The van der Waals surface area contributed by atoms with Gasteiger partial charge in [-0.3, -0.25) is 9.69 Å². The second-order valence-electron chi connectivity index (χ2n) is 9.90. The van der Waals surface area contributed by atoms with Gasteiger partial charge in [-0.25, -0.2) is 9.78 Å². The van der Waals surface area contributed by atoms with Crippen LogP contribution in [0.15, 0.2) is 42.5 Å². The topological polar surface area (TPSA) is 84.7 Å². The smallest absolute Gasteiger partial charge is 0.414 e. The lowest BCUT2D eigenvalue weighted by Gasteiger charge is -2.34. The van der Waals surface area contributed by atoms with Gasteiger partial charge in [0.2, 0.25) is 0 Å². The molecule has 5 rings (SSSR count). The molecular formula is C28H33N3O4. The Balaban J connectivity index is 1.60. The summed E-state index contributed by atoms with van der Waals surface area (Å²) in [6.45, 7) is 2.04. The van der Waals surface area contributed by atoms with Crippen LogP contribution in [-0.2, 0) is 28.8 Å². The van der Waals surface area contributed by atoms with Crippen LogP contribution in [0.4, 0.5) is 10.5 Å². The van der Waals surface area contributed by atoms with Crippen molar-refractivity contribution in [1.29, 1.82) is 0 Å². The molecule has 7 heteroatoms. The SMILES string of the molecule is COC(=O)N1c2ccc3c(nc(CCc4ccccc4)n3[C@H]3CCC[C@H](C(=O)O)C3)c2CCC1C. The first kappa shape index (κ1) is 23.4. The molecule has 0 spiro atoms. The van der Waals surface area contributed by atoms with E-state index in [1.807, 2.05) is 19.1 Å². The summed E-state index contributed by atoms with van der Waals surface area (Å²) >= 11 is 0. The molecule has 1 aliphatic carbocycles. The third kappa shape index (κ3) is 4.40. The predicted molar refractivity (Wildman–Crippen MR) is 135 cm³/mol. The number of aryl methyl sites for hydroxylation is 3. The van der Waals surface area contributed by atoms with Gasteiger partial charge >= 0.3 is 12.1 Å². The van der Waals surface area contributed by atoms with E-state index >= 15 is 0 Å². The van der Waals surface area contributed by atoms with Crippen molar-refractivity contribution in [3.8, 4) is 0 Å². The maximum atomic E-state index is 12.6. The van der Waals surface area contributed by atoms with Crippen molar-refractivity contribution >= 4 is 28.8 Å². The number of carboxylic acids is 1. The van der Waals surface area contributed by atoms with E-state index in [2.05, 4.69) is 34.9 Å². The zero-order valence-electron chi connectivity index (χ0n) is 20.4. The molecule has 1 saturated carbocycles. The summed E-state index contributed by atoms with van der Waals surface area (Å²) in [5.41, 5.74) is 5.18. The van der Waals surface area contributed by atoms with Crippen molar-refractivity contribution in [2.45, 2.75) is 70.4 Å². The van der Waals surface area contributed by atoms with Gasteiger partial charge in [-0.15, -0.1) is 0 Å². The van der Waals surface area contributed by atoms with Gasteiger partial charge in [-0.2, -0.15) is 0 Å². The average Bonchev–Trinajstić information content (AvgIpc) is 3.26. The van der Waals surface area contributed by atoms with Crippen molar-refractivity contribution < 1.29 is 19.4 Å². The number of aliphatic carboxylic acids is 1. The number of methoxy groups -OCH3 is 1. The fourth-order valence-corrected chi connectivity index (χ4v) is 5.93. The number of carboxylic acid groups (broad SMARTS) is 1. The minimum Gasteiger partial charge on any atom is -0.481 e. The zero-order chi connectivity index (χ0) is 24.5. The molecule has 1 unspecified atom stereocenters. The Bertz CT molecular complexity index is 1240. The highest BCUT2D eigenvalue weighted by Gasteiger charge is 2.34. The number of carbonyl (C=O) groups excluding carboxylic acids is 1. The second-order valence-corrected chi connectivity index (χ2v) is 9.90. The summed E-state index contributed by atoms with van der Waals surface area (Å²) in [7, 11) is 1.42. The Morgan fingerprint density at radius 3 is 2.63 bits per heavy atom. The van der Waals surface area contributed by atoms with Crippen LogP contribution in [0.1, 0.15) is 62.0 Å². The van der Waals surface area contributed by atoms with E-state index in [1.165, 1.54) is 12.7 Å². The number of anilines is 1. The van der Waals surface area contributed by atoms with Gasteiger partial charge < -0.3 is 14.4 Å². The van der Waals surface area contributed by atoms with Gasteiger partial charge in [0, 0.05) is 24.1 Å². The number of imidazole rings is 1. The van der Waals surface area contributed by atoms with E-state index in [4.69, 9.17) is 9.72 Å². The van der Waals surface area contributed by atoms with Crippen LogP contribution >= 0.6 is 0 Å². The molecule has 2 heterocycles. The van der Waals surface area contributed by atoms with Crippen molar-refractivity contribution in [3.05, 3.63) is 59.4 Å². The van der Waals surface area contributed by atoms with Crippen LogP contribution in [0, 0.1) is 5.92 Å². The van der Waals surface area contributed by atoms with Crippen LogP contribution in [-0.4, -0.2) is 39.9 Å². The van der Waals surface area contributed by atoms with E-state index in [1.54, 1.807) is 4.90 Å². The maximum Gasteiger partial charge on any atom is 0.414 e. The largest absolute Gasteiger partial charge is 0.481 e. The molecule has 1 amide bonds. The van der Waals surface area contributed by atoms with E-state index in [9.17, 15) is 14.7 Å². The molecule has 2 aliphatic rings. The summed E-state index contributed by atoms with van der Waals surface area (Å²) in [5.74, 6) is -0.0250. The van der Waals surface area contributed by atoms with Gasteiger partial charge in [0.15, 0.2) is 0 Å². The molecule has 7 nitrogen and oxygen atoms in total. The lowest BCUT2D eigenvalue weighted by molar-refractivity contribution is -0.143. The minimum absolute atomic E-state index is 0.0571. The molecule has 1 aliphatic heterocycles. The van der Waals surface area contributed by atoms with Gasteiger partial charge in [0.1, 0.15) is 5.82 Å². The number of carbonyl (C=O) groups is 2. The molecule has 1 fully saturated rings. The van der Waals surface area contributed by atoms with Crippen LogP contribution in [0.3, 0.4) is 0 Å². The molecule has 0 saturated heterocycles. The Morgan fingerprint density at radius 1 is 1.09 bits per heavy atom. The van der Waals surface area contributed by atoms with Crippen molar-refractivity contribution in [3.63, 3.8) is 0 Å². The number of hydrogen-bond acceptors (Lipinski definition) is 4. The summed E-state index contributed by atoms with van der Waals surface area (Å²) in [6.07, 6.45) is 6.20. The van der Waals surface area contributed by atoms with Crippen LogP contribution in [0.25, 0.3) is 11.0 Å². The molecule has 1 N–H and O–H groups in total. The van der Waals surface area contributed by atoms with Crippen LogP contribution in [0.5, 0.6) is 0 Å². The van der Waals surface area contributed by atoms with Gasteiger partial charge in [0.25, 0.3) is 0 Å². The van der Waals surface area contributed by atoms with Crippen molar-refractivity contribution in [2.75, 3.05) is 12.0 Å². The molecule has 0 bridgehead atoms. The van der Waals surface area contributed by atoms with E-state index in [0.29, 0.717) is 6.42 Å². The number of ether oxygens (including phenoxy) is 1. The Kier molecular flexibility index (Phi) is 6.50. The number of amides is 1. The number of benzene rings is 2. The predicted octanol–water partition coefficient (Wildman–Crippen LogP) is 5.54. The Labute approximate surface area is 205 Å². The highest BCUT2D eigenvalue weighted by atomic mass is 16.5. The minimum atomic E-state index is -0.704. The average molecular weight is 476 g/mol. The fourth-order valence-electron chi connectivity index (χ4n) is 5.93. The van der Waals surface area contributed by atoms with Crippen molar-refractivity contribution in [1.82, 2.24) is 9.55 Å². The number of nitrogens with zero attached hydrogens (tertiary/aromatic N) is 3. The van der Waals surface area contributed by atoms with E-state index in [0.717, 1.165) is 73.1 Å². The Morgan fingerprint density at radius 2 is 1.89 bits per heavy atom. The lowest BCUT2D eigenvalue weighted by Crippen LogP contribution is -2.42. The lowest BCUT2D eigenvalue weighted by atomic mass is 9.85. The van der Waals surface area contributed by atoms with Gasteiger partial charge in [-0.1, -0.05) is 36.8 Å². The number of rotatable bonds is 5. The summed E-state index contributed by atoms with van der Waals surface area (Å²) in [5, 5.41) is 9.70. The molecule has 3 atom stereocenters. The molecule has 1 aromatic heterocycles. The Hall–Kier alpha value is -3.35. The van der Waals surface area contributed by atoms with Crippen LogP contribution < -0.4 is 4.90 Å². The van der Waals surface area contributed by atoms with Crippen LogP contribution in [0.2, 0.25) is 0 Å². The quantitative estimate of drug-likeness (QED) is 0.523. The van der Waals surface area contributed by atoms with Gasteiger partial charge in [-0.05, 0) is 63.1 Å².